The number of nitrogens with zero attached hydrogens (tertiary/aromatic N) is 1. The Morgan fingerprint density at radius 1 is 1.16 bits per heavy atom. The van der Waals surface area contributed by atoms with Gasteiger partial charge in [-0.15, -0.1) is 0 Å². The molecule has 0 aromatic rings. The number of hydrogen-bond acceptors (Lipinski definition) is 6. The predicted octanol–water partition coefficient (Wildman–Crippen LogP) is 2.09. The van der Waals surface area contributed by atoms with Crippen molar-refractivity contribution in [2.75, 3.05) is 13.1 Å². The zero-order chi connectivity index (χ0) is 23.8. The van der Waals surface area contributed by atoms with Crippen molar-refractivity contribution in [2.45, 2.75) is 96.9 Å². The summed E-state index contributed by atoms with van der Waals surface area (Å²) in [5.74, 6) is -1.38. The third-order valence-corrected chi connectivity index (χ3v) is 6.36. The normalized spacial score (nSPS) is 27.3. The van der Waals surface area contributed by atoms with Crippen LogP contribution in [0.25, 0.3) is 0 Å². The van der Waals surface area contributed by atoms with E-state index in [1.165, 1.54) is 11.8 Å². The van der Waals surface area contributed by atoms with Gasteiger partial charge in [0.05, 0.1) is 17.7 Å². The standard InChI is InChI=1S/C21H38BN3O6/c1-14(26)24-21(16(23)27)13-25(17(28)29-18(2,3)4)12-15(21)10-9-11-22-30-19(5,6)20(7,8)31-22/h15H,9-13H2,1-8H3,(H2,23,27)(H,24,26)/t15-,21-/m0/s1. The number of carbonyl (C=O) groups is 3. The Bertz CT molecular complexity index is 704. The molecule has 2 aliphatic heterocycles. The van der Waals surface area contributed by atoms with Crippen LogP contribution in [0.1, 0.15) is 68.2 Å². The number of carbonyl (C=O) groups excluding carboxylic acids is 3. The van der Waals surface area contributed by atoms with E-state index in [1.807, 2.05) is 27.7 Å². The summed E-state index contributed by atoms with van der Waals surface area (Å²) in [6.07, 6.45) is 1.34. The molecule has 176 valence electrons. The first kappa shape index (κ1) is 25.5. The van der Waals surface area contributed by atoms with Crippen LogP contribution in [-0.4, -0.2) is 65.4 Å². The van der Waals surface area contributed by atoms with Gasteiger partial charge in [-0.1, -0.05) is 6.42 Å². The van der Waals surface area contributed by atoms with E-state index >= 15 is 0 Å². The second-order valence-electron chi connectivity index (χ2n) is 10.7. The molecule has 10 heteroatoms. The summed E-state index contributed by atoms with van der Waals surface area (Å²) in [7, 11) is -0.350. The lowest BCUT2D eigenvalue weighted by Gasteiger charge is -2.32. The topological polar surface area (TPSA) is 120 Å². The predicted molar refractivity (Wildman–Crippen MR) is 117 cm³/mol. The Hall–Kier alpha value is -1.81. The van der Waals surface area contributed by atoms with Crippen molar-refractivity contribution in [1.29, 1.82) is 0 Å². The summed E-state index contributed by atoms with van der Waals surface area (Å²) in [6.45, 7) is 14.9. The smallest absolute Gasteiger partial charge is 0.444 e. The molecule has 2 rings (SSSR count). The largest absolute Gasteiger partial charge is 0.457 e. The molecule has 2 fully saturated rings. The Morgan fingerprint density at radius 3 is 2.16 bits per heavy atom. The van der Waals surface area contributed by atoms with Gasteiger partial charge >= 0.3 is 13.2 Å². The van der Waals surface area contributed by atoms with Gasteiger partial charge in [-0.25, -0.2) is 4.79 Å². The van der Waals surface area contributed by atoms with Crippen molar-refractivity contribution in [3.05, 3.63) is 0 Å². The zero-order valence-electron chi connectivity index (χ0n) is 20.2. The third kappa shape index (κ3) is 5.71. The van der Waals surface area contributed by atoms with Crippen molar-refractivity contribution >= 4 is 25.0 Å². The van der Waals surface area contributed by atoms with Gasteiger partial charge in [-0.2, -0.15) is 0 Å². The van der Waals surface area contributed by atoms with Crippen LogP contribution in [0.15, 0.2) is 0 Å². The fraction of sp³-hybridized carbons (Fsp3) is 0.857. The lowest BCUT2D eigenvalue weighted by molar-refractivity contribution is -0.131. The number of rotatable bonds is 6. The highest BCUT2D eigenvalue weighted by molar-refractivity contribution is 6.45. The molecule has 0 radical (unpaired) electrons. The van der Waals surface area contributed by atoms with Crippen molar-refractivity contribution < 1.29 is 28.4 Å². The van der Waals surface area contributed by atoms with E-state index in [1.54, 1.807) is 20.8 Å². The van der Waals surface area contributed by atoms with Gasteiger partial charge in [0.15, 0.2) is 0 Å². The number of nitrogens with two attached hydrogens (primary N) is 1. The molecule has 2 aliphatic rings. The van der Waals surface area contributed by atoms with E-state index in [-0.39, 0.29) is 32.0 Å². The number of amides is 3. The van der Waals surface area contributed by atoms with E-state index in [2.05, 4.69) is 5.32 Å². The van der Waals surface area contributed by atoms with Crippen LogP contribution in [-0.2, 0) is 23.6 Å². The highest BCUT2D eigenvalue weighted by Gasteiger charge is 2.54. The first-order valence-electron chi connectivity index (χ1n) is 10.9. The monoisotopic (exact) mass is 439 g/mol. The maximum Gasteiger partial charge on any atom is 0.457 e. The summed E-state index contributed by atoms with van der Waals surface area (Å²) >= 11 is 0. The summed E-state index contributed by atoms with van der Waals surface area (Å²) < 4.78 is 17.5. The Labute approximate surface area is 185 Å². The van der Waals surface area contributed by atoms with Crippen molar-refractivity contribution in [3.8, 4) is 0 Å². The molecule has 9 nitrogen and oxygen atoms in total. The Morgan fingerprint density at radius 2 is 1.71 bits per heavy atom. The second kappa shape index (κ2) is 8.62. The van der Waals surface area contributed by atoms with Crippen LogP contribution in [0.5, 0.6) is 0 Å². The average Bonchev–Trinajstić information content (AvgIpc) is 3.01. The average molecular weight is 439 g/mol. The fourth-order valence-electron chi connectivity index (χ4n) is 4.13. The van der Waals surface area contributed by atoms with Crippen molar-refractivity contribution in [2.24, 2.45) is 11.7 Å². The zero-order valence-corrected chi connectivity index (χ0v) is 20.2. The molecule has 31 heavy (non-hydrogen) atoms. The number of nitrogens with one attached hydrogen (secondary N) is 1. The minimum Gasteiger partial charge on any atom is -0.444 e. The van der Waals surface area contributed by atoms with Crippen LogP contribution in [0.3, 0.4) is 0 Å². The van der Waals surface area contributed by atoms with E-state index in [0.29, 0.717) is 19.2 Å². The highest BCUT2D eigenvalue weighted by atomic mass is 16.7. The van der Waals surface area contributed by atoms with Crippen LogP contribution in [0, 0.1) is 5.92 Å². The van der Waals surface area contributed by atoms with Gasteiger partial charge in [-0.3, -0.25) is 9.59 Å². The minimum absolute atomic E-state index is 0.0159. The van der Waals surface area contributed by atoms with E-state index in [0.717, 1.165) is 0 Å². The SMILES string of the molecule is CC(=O)N[C@@]1(C(N)=O)CN(C(=O)OC(C)(C)C)C[C@@H]1CCCB1OC(C)(C)C(C)(C)O1. The Kier molecular flexibility index (Phi) is 7.07. The molecule has 0 aromatic carbocycles. The molecular formula is C21H38BN3O6. The molecule has 0 aliphatic carbocycles. The summed E-state index contributed by atoms with van der Waals surface area (Å²) in [5.41, 5.74) is 2.92. The summed E-state index contributed by atoms with van der Waals surface area (Å²) in [6, 6.07) is 0. The van der Waals surface area contributed by atoms with E-state index < -0.39 is 34.3 Å². The molecule has 0 unspecified atom stereocenters. The van der Waals surface area contributed by atoms with Crippen LogP contribution < -0.4 is 11.1 Å². The van der Waals surface area contributed by atoms with Gasteiger partial charge in [0.25, 0.3) is 0 Å². The van der Waals surface area contributed by atoms with Gasteiger partial charge in [-0.05, 0) is 61.2 Å². The van der Waals surface area contributed by atoms with Crippen LogP contribution in [0.2, 0.25) is 6.32 Å². The van der Waals surface area contributed by atoms with Gasteiger partial charge < -0.3 is 30.0 Å². The molecule has 0 bridgehead atoms. The fourth-order valence-corrected chi connectivity index (χ4v) is 4.13. The number of primary amides is 1. The van der Waals surface area contributed by atoms with Gasteiger partial charge in [0, 0.05) is 19.4 Å². The third-order valence-electron chi connectivity index (χ3n) is 6.36. The van der Waals surface area contributed by atoms with E-state index in [9.17, 15) is 14.4 Å². The van der Waals surface area contributed by atoms with Crippen molar-refractivity contribution in [3.63, 3.8) is 0 Å². The first-order chi connectivity index (χ1) is 14.0. The summed E-state index contributed by atoms with van der Waals surface area (Å²) in [5, 5.41) is 2.73. The van der Waals surface area contributed by atoms with Crippen LogP contribution >= 0.6 is 0 Å². The molecule has 0 aromatic heterocycles. The molecule has 3 amide bonds. The van der Waals surface area contributed by atoms with Gasteiger partial charge in [0.1, 0.15) is 11.1 Å². The lowest BCUT2D eigenvalue weighted by Crippen LogP contribution is -2.62. The summed E-state index contributed by atoms with van der Waals surface area (Å²) in [4.78, 5) is 38.5. The molecule has 2 saturated heterocycles. The quantitative estimate of drug-likeness (QED) is 0.612. The molecule has 0 saturated carbocycles. The van der Waals surface area contributed by atoms with E-state index in [4.69, 9.17) is 19.8 Å². The maximum atomic E-state index is 12.6. The number of likely N-dealkylation sites (tertiary alicyclic amines) is 1. The molecule has 0 spiro atoms. The Balaban J connectivity index is 2.11. The molecule has 2 atom stereocenters. The lowest BCUT2D eigenvalue weighted by atomic mass is 9.77. The molecule has 3 N–H and O–H groups in total. The minimum atomic E-state index is -1.33. The van der Waals surface area contributed by atoms with Crippen molar-refractivity contribution in [1.82, 2.24) is 10.2 Å². The van der Waals surface area contributed by atoms with Gasteiger partial charge in [0.2, 0.25) is 11.8 Å². The molecular weight excluding hydrogens is 401 g/mol. The second-order valence-corrected chi connectivity index (χ2v) is 10.7. The highest BCUT2D eigenvalue weighted by Crippen LogP contribution is 2.39. The maximum absolute atomic E-state index is 12.6. The molecule has 2 heterocycles. The van der Waals surface area contributed by atoms with Crippen LogP contribution in [0.4, 0.5) is 4.79 Å². The number of ether oxygens (including phenoxy) is 1. The number of hydrogen-bond donors (Lipinski definition) is 2. The first-order valence-corrected chi connectivity index (χ1v) is 10.9.